The van der Waals surface area contributed by atoms with Gasteiger partial charge in [-0.05, 0) is 51.1 Å². The molecule has 1 rings (SSSR count). The highest BCUT2D eigenvalue weighted by atomic mass is 32.2. The van der Waals surface area contributed by atoms with E-state index in [1.165, 1.54) is 23.1 Å². The number of thioether (sulfide) groups is 1. The third-order valence-electron chi connectivity index (χ3n) is 3.19. The van der Waals surface area contributed by atoms with Crippen molar-refractivity contribution < 1.29 is 9.53 Å². The SMILES string of the molecule is CNC(C)(CSc1ccc(C)c(C)c1)C(=O)OC. The maximum atomic E-state index is 11.7. The molecule has 0 aromatic heterocycles. The monoisotopic (exact) mass is 267 g/mol. The maximum absolute atomic E-state index is 11.7. The first-order valence-electron chi connectivity index (χ1n) is 5.90. The van der Waals surface area contributed by atoms with E-state index in [0.717, 1.165) is 0 Å². The molecule has 0 aliphatic carbocycles. The van der Waals surface area contributed by atoms with E-state index in [2.05, 4.69) is 37.4 Å². The fourth-order valence-corrected chi connectivity index (χ4v) is 2.63. The molecular weight excluding hydrogens is 246 g/mol. The van der Waals surface area contributed by atoms with Gasteiger partial charge < -0.3 is 10.1 Å². The first-order chi connectivity index (χ1) is 8.42. The molecule has 1 N–H and O–H groups in total. The van der Waals surface area contributed by atoms with Crippen molar-refractivity contribution in [3.8, 4) is 0 Å². The number of nitrogens with one attached hydrogen (secondary N) is 1. The highest BCUT2D eigenvalue weighted by Crippen LogP contribution is 2.25. The Balaban J connectivity index is 2.73. The van der Waals surface area contributed by atoms with Gasteiger partial charge in [0.2, 0.25) is 0 Å². The Morgan fingerprint density at radius 2 is 2.06 bits per heavy atom. The minimum atomic E-state index is -0.655. The number of hydrogen-bond acceptors (Lipinski definition) is 4. The van der Waals surface area contributed by atoms with Crippen molar-refractivity contribution in [1.29, 1.82) is 0 Å². The Morgan fingerprint density at radius 3 is 2.56 bits per heavy atom. The Kier molecular flexibility index (Phi) is 5.23. The number of esters is 1. The molecule has 3 nitrogen and oxygen atoms in total. The van der Waals surface area contributed by atoms with E-state index in [4.69, 9.17) is 4.74 Å². The molecule has 0 radical (unpaired) electrons. The van der Waals surface area contributed by atoms with Crippen LogP contribution in [0.4, 0.5) is 0 Å². The average Bonchev–Trinajstić information content (AvgIpc) is 2.38. The summed E-state index contributed by atoms with van der Waals surface area (Å²) >= 11 is 1.66. The highest BCUT2D eigenvalue weighted by Gasteiger charge is 2.32. The van der Waals surface area contributed by atoms with Crippen LogP contribution in [0.1, 0.15) is 18.1 Å². The summed E-state index contributed by atoms with van der Waals surface area (Å²) in [4.78, 5) is 12.9. The van der Waals surface area contributed by atoms with Crippen molar-refractivity contribution in [2.45, 2.75) is 31.2 Å². The second-order valence-electron chi connectivity index (χ2n) is 4.61. The average molecular weight is 267 g/mol. The molecule has 1 atom stereocenters. The van der Waals surface area contributed by atoms with Gasteiger partial charge in [-0.15, -0.1) is 11.8 Å². The molecule has 1 unspecified atom stereocenters. The summed E-state index contributed by atoms with van der Waals surface area (Å²) in [7, 11) is 3.19. The van der Waals surface area contributed by atoms with Crippen LogP contribution in [-0.2, 0) is 9.53 Å². The Hall–Kier alpha value is -1.00. The van der Waals surface area contributed by atoms with Crippen molar-refractivity contribution in [3.63, 3.8) is 0 Å². The minimum absolute atomic E-state index is 0.235. The number of aryl methyl sites for hydroxylation is 2. The van der Waals surface area contributed by atoms with E-state index >= 15 is 0 Å². The van der Waals surface area contributed by atoms with E-state index < -0.39 is 5.54 Å². The van der Waals surface area contributed by atoms with Crippen LogP contribution in [0.15, 0.2) is 23.1 Å². The maximum Gasteiger partial charge on any atom is 0.326 e. The van der Waals surface area contributed by atoms with Gasteiger partial charge >= 0.3 is 5.97 Å². The number of benzene rings is 1. The van der Waals surface area contributed by atoms with Gasteiger partial charge in [0.05, 0.1) is 7.11 Å². The zero-order valence-electron chi connectivity index (χ0n) is 11.7. The highest BCUT2D eigenvalue weighted by molar-refractivity contribution is 7.99. The lowest BCUT2D eigenvalue weighted by atomic mass is 10.1. The summed E-state index contributed by atoms with van der Waals surface area (Å²) in [5.74, 6) is 0.403. The van der Waals surface area contributed by atoms with Gasteiger partial charge in [-0.2, -0.15) is 0 Å². The van der Waals surface area contributed by atoms with E-state index in [1.54, 1.807) is 18.8 Å². The molecule has 0 saturated carbocycles. The fourth-order valence-electron chi connectivity index (χ4n) is 1.49. The van der Waals surface area contributed by atoms with Crippen molar-refractivity contribution in [2.75, 3.05) is 19.9 Å². The molecule has 0 spiro atoms. The molecule has 18 heavy (non-hydrogen) atoms. The Labute approximate surface area is 113 Å². The second kappa shape index (κ2) is 6.25. The van der Waals surface area contributed by atoms with Crippen LogP contribution in [-0.4, -0.2) is 31.4 Å². The van der Waals surface area contributed by atoms with E-state index in [9.17, 15) is 4.79 Å². The number of carbonyl (C=O) groups is 1. The lowest BCUT2D eigenvalue weighted by Gasteiger charge is -2.25. The molecule has 1 aromatic rings. The smallest absolute Gasteiger partial charge is 0.326 e. The van der Waals surface area contributed by atoms with Gasteiger partial charge in [0.1, 0.15) is 5.54 Å². The second-order valence-corrected chi connectivity index (χ2v) is 5.66. The normalized spacial score (nSPS) is 14.1. The number of rotatable bonds is 5. The topological polar surface area (TPSA) is 38.3 Å². The quantitative estimate of drug-likeness (QED) is 0.657. The molecular formula is C14H21NO2S. The summed E-state index contributed by atoms with van der Waals surface area (Å²) in [6.45, 7) is 6.04. The van der Waals surface area contributed by atoms with Crippen LogP contribution in [0.2, 0.25) is 0 Å². The Morgan fingerprint density at radius 1 is 1.39 bits per heavy atom. The summed E-state index contributed by atoms with van der Waals surface area (Å²) in [6.07, 6.45) is 0. The molecule has 100 valence electrons. The molecule has 4 heteroatoms. The largest absolute Gasteiger partial charge is 0.468 e. The molecule has 0 aliphatic rings. The van der Waals surface area contributed by atoms with Crippen LogP contribution in [0, 0.1) is 13.8 Å². The van der Waals surface area contributed by atoms with Crippen molar-refractivity contribution >= 4 is 17.7 Å². The molecule has 0 heterocycles. The van der Waals surface area contributed by atoms with Gasteiger partial charge in [-0.3, -0.25) is 4.79 Å². The molecule has 0 amide bonds. The van der Waals surface area contributed by atoms with Gasteiger partial charge in [-0.25, -0.2) is 0 Å². The van der Waals surface area contributed by atoms with Crippen LogP contribution in [0.25, 0.3) is 0 Å². The zero-order chi connectivity index (χ0) is 13.8. The van der Waals surface area contributed by atoms with Gasteiger partial charge in [-0.1, -0.05) is 6.07 Å². The molecule has 0 aliphatic heterocycles. The Bertz CT molecular complexity index is 434. The predicted octanol–water partition coefficient (Wildman–Crippen LogP) is 2.55. The summed E-state index contributed by atoms with van der Waals surface area (Å²) in [5.41, 5.74) is 1.89. The fraction of sp³-hybridized carbons (Fsp3) is 0.500. The number of ether oxygens (including phenoxy) is 1. The number of methoxy groups -OCH3 is 1. The van der Waals surface area contributed by atoms with Crippen molar-refractivity contribution in [3.05, 3.63) is 29.3 Å². The summed E-state index contributed by atoms with van der Waals surface area (Å²) < 4.78 is 4.82. The van der Waals surface area contributed by atoms with Gasteiger partial charge in [0.15, 0.2) is 0 Å². The number of likely N-dealkylation sites (N-methyl/N-ethyl adjacent to an activating group) is 1. The van der Waals surface area contributed by atoms with Crippen LogP contribution in [0.5, 0.6) is 0 Å². The summed E-state index contributed by atoms with van der Waals surface area (Å²) in [6, 6.07) is 6.33. The third-order valence-corrected chi connectivity index (χ3v) is 4.50. The van der Waals surface area contributed by atoms with Crippen LogP contribution >= 0.6 is 11.8 Å². The summed E-state index contributed by atoms with van der Waals surface area (Å²) in [5, 5.41) is 3.03. The number of carbonyl (C=O) groups excluding carboxylic acids is 1. The van der Waals surface area contributed by atoms with Gasteiger partial charge in [0.25, 0.3) is 0 Å². The molecule has 0 bridgehead atoms. The first kappa shape index (κ1) is 15.1. The van der Waals surface area contributed by atoms with Crippen molar-refractivity contribution in [2.24, 2.45) is 0 Å². The van der Waals surface area contributed by atoms with Crippen LogP contribution in [0.3, 0.4) is 0 Å². The van der Waals surface area contributed by atoms with E-state index in [-0.39, 0.29) is 5.97 Å². The van der Waals surface area contributed by atoms with Crippen LogP contribution < -0.4 is 5.32 Å². The lowest BCUT2D eigenvalue weighted by molar-refractivity contribution is -0.146. The van der Waals surface area contributed by atoms with E-state index in [0.29, 0.717) is 5.75 Å². The first-order valence-corrected chi connectivity index (χ1v) is 6.89. The lowest BCUT2D eigenvalue weighted by Crippen LogP contribution is -2.50. The van der Waals surface area contributed by atoms with Crippen molar-refractivity contribution in [1.82, 2.24) is 5.32 Å². The standard InChI is InChI=1S/C14H21NO2S/c1-10-6-7-12(8-11(10)2)18-9-14(3,15-4)13(16)17-5/h6-8,15H,9H2,1-5H3. The zero-order valence-corrected chi connectivity index (χ0v) is 12.5. The molecule has 0 fully saturated rings. The molecule has 0 saturated heterocycles. The van der Waals surface area contributed by atoms with E-state index in [1.807, 2.05) is 6.92 Å². The van der Waals surface area contributed by atoms with Gasteiger partial charge in [0, 0.05) is 10.6 Å². The number of hydrogen-bond donors (Lipinski definition) is 1. The molecule has 1 aromatic carbocycles. The minimum Gasteiger partial charge on any atom is -0.468 e. The third kappa shape index (κ3) is 3.50. The predicted molar refractivity (Wildman–Crippen MR) is 76.1 cm³/mol.